The molecule has 0 fully saturated rings. The molecule has 10 heavy (non-hydrogen) atoms. The van der Waals surface area contributed by atoms with E-state index in [1.165, 1.54) is 0 Å². The molecule has 0 atom stereocenters. The predicted octanol–water partition coefficient (Wildman–Crippen LogP) is -3.68. The van der Waals surface area contributed by atoms with Crippen LogP contribution in [0.25, 0.3) is 0 Å². The molecule has 0 amide bonds. The molecule has 50 valence electrons. The SMILES string of the molecule is O=c1[nH]cc(F)c(=O)[nH]1.[H-].[Na+]. The smallest absolute Gasteiger partial charge is 1.00 e. The van der Waals surface area contributed by atoms with Crippen molar-refractivity contribution in [3.05, 3.63) is 32.9 Å². The Bertz CT molecular complexity index is 322. The maximum atomic E-state index is 12.0. The number of aromatic amines is 2. The molecule has 0 saturated carbocycles. The van der Waals surface area contributed by atoms with Gasteiger partial charge in [-0.25, -0.2) is 4.79 Å². The molecule has 0 spiro atoms. The summed E-state index contributed by atoms with van der Waals surface area (Å²) >= 11 is 0. The van der Waals surface area contributed by atoms with Crippen LogP contribution in [0, 0.1) is 5.82 Å². The fourth-order valence-corrected chi connectivity index (χ4v) is 0.393. The Hall–Kier alpha value is -0.390. The molecule has 0 aliphatic rings. The quantitative estimate of drug-likeness (QED) is 0.378. The Morgan fingerprint density at radius 2 is 2.10 bits per heavy atom. The molecule has 1 heterocycles. The summed E-state index contributed by atoms with van der Waals surface area (Å²) in [4.78, 5) is 24.0. The van der Waals surface area contributed by atoms with Gasteiger partial charge < -0.3 is 6.41 Å². The number of rotatable bonds is 0. The van der Waals surface area contributed by atoms with Gasteiger partial charge in [0.15, 0.2) is 0 Å². The number of hydrogen-bond acceptors (Lipinski definition) is 2. The average Bonchev–Trinajstić information content (AvgIpc) is 1.80. The van der Waals surface area contributed by atoms with Gasteiger partial charge in [-0.1, -0.05) is 0 Å². The number of halogens is 1. The first-order valence-electron chi connectivity index (χ1n) is 2.17. The van der Waals surface area contributed by atoms with E-state index in [1.807, 2.05) is 4.98 Å². The molecule has 4 nitrogen and oxygen atoms in total. The molecular formula is C4H4FN2NaO2. The van der Waals surface area contributed by atoms with E-state index >= 15 is 0 Å². The number of hydrogen-bond donors (Lipinski definition) is 2. The van der Waals surface area contributed by atoms with Gasteiger partial charge in [0.1, 0.15) is 0 Å². The second kappa shape index (κ2) is 3.70. The molecule has 2 N–H and O–H groups in total. The summed E-state index contributed by atoms with van der Waals surface area (Å²) in [6.45, 7) is 0. The van der Waals surface area contributed by atoms with Crippen LogP contribution in [0.4, 0.5) is 4.39 Å². The second-order valence-electron chi connectivity index (χ2n) is 1.42. The molecule has 6 heteroatoms. The molecule has 0 radical (unpaired) electrons. The van der Waals surface area contributed by atoms with E-state index in [4.69, 9.17) is 0 Å². The van der Waals surface area contributed by atoms with Crippen LogP contribution in [0.3, 0.4) is 0 Å². The molecule has 0 aromatic carbocycles. The van der Waals surface area contributed by atoms with E-state index in [1.54, 1.807) is 4.98 Å². The Kier molecular flexibility index (Phi) is 3.55. The Morgan fingerprint density at radius 3 is 2.50 bits per heavy atom. The van der Waals surface area contributed by atoms with Gasteiger partial charge in [-0.2, -0.15) is 4.39 Å². The van der Waals surface area contributed by atoms with E-state index in [0.717, 1.165) is 0 Å². The summed E-state index contributed by atoms with van der Waals surface area (Å²) in [5, 5.41) is 0. The van der Waals surface area contributed by atoms with Gasteiger partial charge in [0.25, 0.3) is 5.56 Å². The van der Waals surface area contributed by atoms with Gasteiger partial charge in [0.2, 0.25) is 5.82 Å². The molecule has 0 bridgehead atoms. The van der Waals surface area contributed by atoms with Crippen LogP contribution >= 0.6 is 0 Å². The summed E-state index contributed by atoms with van der Waals surface area (Å²) < 4.78 is 12.0. The fourth-order valence-electron chi connectivity index (χ4n) is 0.393. The Balaban J connectivity index is 0. The predicted molar refractivity (Wildman–Crippen MR) is 28.8 cm³/mol. The zero-order valence-electron chi connectivity index (χ0n) is 6.27. The van der Waals surface area contributed by atoms with Gasteiger partial charge in [-0.3, -0.25) is 9.78 Å². The van der Waals surface area contributed by atoms with Crippen LogP contribution in [0.15, 0.2) is 15.8 Å². The van der Waals surface area contributed by atoms with Crippen LogP contribution in [-0.4, -0.2) is 9.97 Å². The van der Waals surface area contributed by atoms with Gasteiger partial charge >= 0.3 is 35.2 Å². The van der Waals surface area contributed by atoms with Crippen LogP contribution in [0.1, 0.15) is 1.43 Å². The summed E-state index contributed by atoms with van der Waals surface area (Å²) in [5.74, 6) is -0.991. The van der Waals surface area contributed by atoms with Gasteiger partial charge in [0, 0.05) is 6.20 Å². The zero-order valence-corrected chi connectivity index (χ0v) is 7.27. The van der Waals surface area contributed by atoms with Crippen molar-refractivity contribution in [2.75, 3.05) is 0 Å². The molecule has 0 aliphatic carbocycles. The molecule has 0 aliphatic heterocycles. The average molecular weight is 154 g/mol. The van der Waals surface area contributed by atoms with Crippen molar-refractivity contribution >= 4 is 0 Å². The number of aromatic nitrogens is 2. The fraction of sp³-hybridized carbons (Fsp3) is 0. The minimum absolute atomic E-state index is 0. The van der Waals surface area contributed by atoms with E-state index in [9.17, 15) is 14.0 Å². The second-order valence-corrected chi connectivity index (χ2v) is 1.42. The third kappa shape index (κ3) is 2.09. The van der Waals surface area contributed by atoms with Crippen molar-refractivity contribution in [3.8, 4) is 0 Å². The van der Waals surface area contributed by atoms with Gasteiger partial charge in [-0.15, -0.1) is 0 Å². The third-order valence-corrected chi connectivity index (χ3v) is 0.774. The summed E-state index contributed by atoms with van der Waals surface area (Å²) in [7, 11) is 0. The minimum atomic E-state index is -1.00. The van der Waals surface area contributed by atoms with Gasteiger partial charge in [-0.05, 0) is 0 Å². The van der Waals surface area contributed by atoms with Crippen LogP contribution in [0.5, 0.6) is 0 Å². The summed E-state index contributed by atoms with van der Waals surface area (Å²) in [5.41, 5.74) is -1.71. The Labute approximate surface area is 78.3 Å². The van der Waals surface area contributed by atoms with Crippen LogP contribution < -0.4 is 40.8 Å². The van der Waals surface area contributed by atoms with Gasteiger partial charge in [0.05, 0.1) is 0 Å². The van der Waals surface area contributed by atoms with Crippen LogP contribution in [0.2, 0.25) is 0 Å². The molecule has 1 aromatic heterocycles. The number of nitrogens with one attached hydrogen (secondary N) is 2. The molecule has 0 unspecified atom stereocenters. The van der Waals surface area contributed by atoms with E-state index in [-0.39, 0.29) is 31.0 Å². The molecule has 1 aromatic rings. The zero-order chi connectivity index (χ0) is 6.85. The topological polar surface area (TPSA) is 65.7 Å². The molecule has 1 rings (SSSR count). The first-order valence-corrected chi connectivity index (χ1v) is 2.17. The van der Waals surface area contributed by atoms with Crippen molar-refractivity contribution in [1.29, 1.82) is 0 Å². The molecule has 0 saturated heterocycles. The maximum Gasteiger partial charge on any atom is 1.00 e. The molecular weight excluding hydrogens is 150 g/mol. The number of H-pyrrole nitrogens is 2. The summed E-state index contributed by atoms with van der Waals surface area (Å²) in [6.07, 6.45) is 0.709. The third-order valence-electron chi connectivity index (χ3n) is 0.774. The minimum Gasteiger partial charge on any atom is -1.00 e. The monoisotopic (exact) mass is 154 g/mol. The Morgan fingerprint density at radius 1 is 1.50 bits per heavy atom. The first kappa shape index (κ1) is 9.61. The first-order chi connectivity index (χ1) is 4.20. The summed E-state index contributed by atoms with van der Waals surface area (Å²) in [6, 6.07) is 0. The van der Waals surface area contributed by atoms with Crippen molar-refractivity contribution in [1.82, 2.24) is 9.97 Å². The van der Waals surface area contributed by atoms with Crippen molar-refractivity contribution in [3.63, 3.8) is 0 Å². The van der Waals surface area contributed by atoms with E-state index in [2.05, 4.69) is 0 Å². The van der Waals surface area contributed by atoms with Crippen LogP contribution in [-0.2, 0) is 0 Å². The van der Waals surface area contributed by atoms with Crippen molar-refractivity contribution < 1.29 is 35.4 Å². The normalized spacial score (nSPS) is 8.50. The van der Waals surface area contributed by atoms with Crippen molar-refractivity contribution in [2.45, 2.75) is 0 Å². The maximum absolute atomic E-state index is 12.0. The van der Waals surface area contributed by atoms with E-state index < -0.39 is 17.1 Å². The standard InChI is InChI=1S/C4H3FN2O2.Na.H/c5-2-1-6-4(9)7-3(2)8;;/h1H,(H2,6,7,8,9);;/q;+1;-1. The largest absolute Gasteiger partial charge is 1.00 e. The van der Waals surface area contributed by atoms with Crippen molar-refractivity contribution in [2.24, 2.45) is 0 Å². The van der Waals surface area contributed by atoms with E-state index in [0.29, 0.717) is 6.20 Å².